The molecule has 0 aliphatic carbocycles. The second-order valence-corrected chi connectivity index (χ2v) is 6.22. The van der Waals surface area contributed by atoms with Crippen LogP contribution >= 0.6 is 0 Å². The van der Waals surface area contributed by atoms with Gasteiger partial charge in [-0.1, -0.05) is 24.3 Å². The van der Waals surface area contributed by atoms with Gasteiger partial charge in [0.05, 0.1) is 5.88 Å². The van der Waals surface area contributed by atoms with Crippen molar-refractivity contribution in [2.75, 3.05) is 12.4 Å². The van der Waals surface area contributed by atoms with E-state index in [0.29, 0.717) is 6.54 Å². The second-order valence-electron chi connectivity index (χ2n) is 5.27. The molecule has 2 aromatic rings. The average Bonchev–Trinajstić information content (AvgIpc) is 2.46. The molecule has 0 saturated carbocycles. The first-order chi connectivity index (χ1) is 10.1. The Balaban J connectivity index is 1.88. The first-order valence-electron chi connectivity index (χ1n) is 6.84. The highest BCUT2D eigenvalue weighted by Gasteiger charge is 2.17. The molecule has 21 heavy (non-hydrogen) atoms. The van der Waals surface area contributed by atoms with Gasteiger partial charge in [-0.15, -0.1) is 0 Å². The van der Waals surface area contributed by atoms with Crippen molar-refractivity contribution in [3.05, 3.63) is 59.4 Å². The molecule has 0 radical (unpaired) electrons. The molecule has 5 heteroatoms. The summed E-state index contributed by atoms with van der Waals surface area (Å²) in [4.78, 5) is 1.93. The van der Waals surface area contributed by atoms with Gasteiger partial charge in [0.25, 0.3) is 0 Å². The molecule has 0 amide bonds. The van der Waals surface area contributed by atoms with E-state index in [1.165, 1.54) is 17.7 Å². The largest absolute Gasteiger partial charge is 0.285 e. The van der Waals surface area contributed by atoms with Crippen molar-refractivity contribution in [2.45, 2.75) is 13.0 Å². The Labute approximate surface area is 125 Å². The Bertz CT molecular complexity index is 718. The van der Waals surface area contributed by atoms with Crippen molar-refractivity contribution >= 4 is 10.7 Å². The number of rotatable bonds is 3. The van der Waals surface area contributed by atoms with Crippen molar-refractivity contribution < 1.29 is 12.8 Å². The summed E-state index contributed by atoms with van der Waals surface area (Å²) in [7, 11) is -2.38. The first-order valence-corrected chi connectivity index (χ1v) is 8.20. The molecule has 3 nitrogen and oxygen atoms in total. The lowest BCUT2D eigenvalue weighted by Gasteiger charge is -2.27. The molecule has 0 fully saturated rings. The van der Waals surface area contributed by atoms with Gasteiger partial charge in [-0.25, -0.2) is 12.8 Å². The molecule has 0 unspecified atom stereocenters. The molecule has 110 valence electrons. The van der Waals surface area contributed by atoms with Crippen LogP contribution in [0.5, 0.6) is 0 Å². The second kappa shape index (κ2) is 5.95. The van der Waals surface area contributed by atoms with Crippen LogP contribution in [0.3, 0.4) is 0 Å². The third kappa shape index (κ3) is 3.31. The van der Waals surface area contributed by atoms with Gasteiger partial charge in [-0.05, 0) is 46.9 Å². The average molecular weight is 305 g/mol. The lowest BCUT2D eigenvalue weighted by Crippen LogP contribution is -2.31. The number of hydrogen-bond acceptors (Lipinski definition) is 3. The molecule has 0 N–H and O–H groups in total. The molecular formula is C16H16FNO2S. The lowest BCUT2D eigenvalue weighted by atomic mass is 9.95. The summed E-state index contributed by atoms with van der Waals surface area (Å²) in [5.41, 5.74) is 4.41. The molecular weight excluding hydrogens is 289 g/mol. The molecule has 1 aliphatic heterocycles. The van der Waals surface area contributed by atoms with Crippen molar-refractivity contribution in [3.8, 4) is 11.1 Å². The molecule has 0 bridgehead atoms. The highest BCUT2D eigenvalue weighted by Crippen LogP contribution is 2.26. The molecule has 0 spiro atoms. The van der Waals surface area contributed by atoms with Crippen LogP contribution in [0.4, 0.5) is 4.39 Å². The van der Waals surface area contributed by atoms with Crippen LogP contribution in [-0.4, -0.2) is 25.7 Å². The number of halogens is 1. The Kier molecular flexibility index (Phi) is 4.03. The van der Waals surface area contributed by atoms with Gasteiger partial charge in [-0.3, -0.25) is 4.90 Å². The molecule has 0 saturated heterocycles. The van der Waals surface area contributed by atoms with Crippen LogP contribution in [0.2, 0.25) is 0 Å². The van der Waals surface area contributed by atoms with Gasteiger partial charge < -0.3 is 0 Å². The van der Waals surface area contributed by atoms with Crippen LogP contribution in [0.15, 0.2) is 42.5 Å². The maximum atomic E-state index is 13.0. The van der Waals surface area contributed by atoms with Gasteiger partial charge >= 0.3 is 0 Å². The molecule has 0 aromatic heterocycles. The van der Waals surface area contributed by atoms with Gasteiger partial charge in [0.1, 0.15) is 5.82 Å². The Hall–Kier alpha value is -1.72. The van der Waals surface area contributed by atoms with E-state index in [-0.39, 0.29) is 11.7 Å². The minimum Gasteiger partial charge on any atom is -0.285 e. The summed E-state index contributed by atoms with van der Waals surface area (Å²) in [6, 6.07) is 12.6. The van der Waals surface area contributed by atoms with Crippen molar-refractivity contribution in [3.63, 3.8) is 0 Å². The number of nitrogens with zero attached hydrogens (tertiary/aromatic N) is 1. The number of hydrogen-bond donors (Lipinski definition) is 1. The van der Waals surface area contributed by atoms with Gasteiger partial charge in [0, 0.05) is 13.1 Å². The number of fused-ring (bicyclic) bond motifs is 1. The van der Waals surface area contributed by atoms with Crippen LogP contribution in [-0.2, 0) is 23.7 Å². The van der Waals surface area contributed by atoms with E-state index >= 15 is 0 Å². The van der Waals surface area contributed by atoms with Gasteiger partial charge in [0.2, 0.25) is 0 Å². The van der Waals surface area contributed by atoms with Crippen LogP contribution in [0.25, 0.3) is 11.1 Å². The maximum absolute atomic E-state index is 13.0. The zero-order valence-corrected chi connectivity index (χ0v) is 12.4. The zero-order valence-electron chi connectivity index (χ0n) is 11.5. The van der Waals surface area contributed by atoms with E-state index < -0.39 is 10.7 Å². The quantitative estimate of drug-likeness (QED) is 0.885. The van der Waals surface area contributed by atoms with Crippen molar-refractivity contribution in [1.29, 1.82) is 0 Å². The maximum Gasteiger partial charge on any atom is 0.153 e. The topological polar surface area (TPSA) is 37.4 Å². The summed E-state index contributed by atoms with van der Waals surface area (Å²) in [5, 5.41) is 0. The van der Waals surface area contributed by atoms with E-state index in [2.05, 4.69) is 12.1 Å². The zero-order chi connectivity index (χ0) is 14.8. The fourth-order valence-electron chi connectivity index (χ4n) is 2.72. The Morgan fingerprint density at radius 2 is 1.71 bits per heavy atom. The third-order valence-electron chi connectivity index (χ3n) is 3.79. The van der Waals surface area contributed by atoms with Gasteiger partial charge in [0.15, 0.2) is 10.7 Å². The van der Waals surface area contributed by atoms with E-state index in [0.717, 1.165) is 29.7 Å². The van der Waals surface area contributed by atoms with Crippen LogP contribution in [0.1, 0.15) is 11.1 Å². The summed E-state index contributed by atoms with van der Waals surface area (Å²) < 4.78 is 34.7. The van der Waals surface area contributed by atoms with Crippen molar-refractivity contribution in [2.24, 2.45) is 0 Å². The SMILES string of the molecule is O=[SH](=O)CN1CCc2ccc(-c3ccc(F)cc3)cc2C1. The van der Waals surface area contributed by atoms with E-state index in [9.17, 15) is 12.8 Å². The smallest absolute Gasteiger partial charge is 0.153 e. The van der Waals surface area contributed by atoms with Crippen LogP contribution in [0, 0.1) is 5.82 Å². The van der Waals surface area contributed by atoms with E-state index in [4.69, 9.17) is 0 Å². The molecule has 1 aliphatic rings. The lowest BCUT2D eigenvalue weighted by molar-refractivity contribution is 0.295. The third-order valence-corrected chi connectivity index (χ3v) is 4.42. The number of thiol groups is 1. The predicted octanol–water partition coefficient (Wildman–Crippen LogP) is 2.42. The Morgan fingerprint density at radius 3 is 2.43 bits per heavy atom. The normalized spacial score (nSPS) is 15.1. The Morgan fingerprint density at radius 1 is 1.00 bits per heavy atom. The summed E-state index contributed by atoms with van der Waals surface area (Å²) >= 11 is 0. The highest BCUT2D eigenvalue weighted by molar-refractivity contribution is 7.72. The number of benzene rings is 2. The summed E-state index contributed by atoms with van der Waals surface area (Å²) in [6.45, 7) is 1.42. The summed E-state index contributed by atoms with van der Waals surface area (Å²) in [5.74, 6) is -0.141. The minimum atomic E-state index is -2.38. The van der Waals surface area contributed by atoms with E-state index in [1.807, 2.05) is 11.0 Å². The predicted molar refractivity (Wildman–Crippen MR) is 81.1 cm³/mol. The fraction of sp³-hybridized carbons (Fsp3) is 0.250. The molecule has 1 heterocycles. The molecule has 0 atom stereocenters. The standard InChI is InChI=1S/C16H16FNO2S/c17-16-5-3-12(4-6-16)14-2-1-13-7-8-18(11-21(19)20)10-15(13)9-14/h1-6,9,21H,7-8,10-11H2. The monoisotopic (exact) mass is 305 g/mol. The molecule has 3 rings (SSSR count). The highest BCUT2D eigenvalue weighted by atomic mass is 32.2. The summed E-state index contributed by atoms with van der Waals surface area (Å²) in [6.07, 6.45) is 0.863. The first kappa shape index (κ1) is 14.2. The fourth-order valence-corrected chi connectivity index (χ4v) is 3.29. The van der Waals surface area contributed by atoms with E-state index in [1.54, 1.807) is 12.1 Å². The van der Waals surface area contributed by atoms with Crippen molar-refractivity contribution in [1.82, 2.24) is 4.90 Å². The van der Waals surface area contributed by atoms with Gasteiger partial charge in [-0.2, -0.15) is 0 Å². The molecule has 2 aromatic carbocycles. The minimum absolute atomic E-state index is 0.107. The van der Waals surface area contributed by atoms with Crippen LogP contribution < -0.4 is 0 Å².